The number of rotatable bonds is 3. The van der Waals surface area contributed by atoms with E-state index in [2.05, 4.69) is 15.9 Å². The number of aryl methyl sites for hydroxylation is 1. The molecule has 0 fully saturated rings. The van der Waals surface area contributed by atoms with Gasteiger partial charge in [0.2, 0.25) is 0 Å². The Morgan fingerprint density at radius 1 is 1.33 bits per heavy atom. The zero-order valence-electron chi connectivity index (χ0n) is 10.2. The summed E-state index contributed by atoms with van der Waals surface area (Å²) >= 11 is 3.39. The van der Waals surface area contributed by atoms with Crippen LogP contribution in [0.3, 0.4) is 0 Å². The fourth-order valence-corrected chi connectivity index (χ4v) is 2.17. The summed E-state index contributed by atoms with van der Waals surface area (Å²) in [5, 5.41) is 9.13. The minimum absolute atomic E-state index is 0.572. The quantitative estimate of drug-likeness (QED) is 0.935. The number of carboxylic acids is 1. The molecular formula is C14H14BrNO2. The van der Waals surface area contributed by atoms with Crippen LogP contribution < -0.4 is 0 Å². The number of halogens is 1. The van der Waals surface area contributed by atoms with E-state index >= 15 is 0 Å². The maximum absolute atomic E-state index is 11.1. The van der Waals surface area contributed by atoms with Gasteiger partial charge >= 0.3 is 5.97 Å². The van der Waals surface area contributed by atoms with Crippen molar-refractivity contribution in [3.05, 3.63) is 46.6 Å². The van der Waals surface area contributed by atoms with Crippen LogP contribution in [0.15, 0.2) is 41.0 Å². The van der Waals surface area contributed by atoms with Gasteiger partial charge in [0.05, 0.1) is 0 Å². The molecule has 94 valence electrons. The number of nitrogens with zero attached hydrogens (tertiary/aromatic N) is 1. The minimum atomic E-state index is -0.830. The third kappa shape index (κ3) is 2.48. The van der Waals surface area contributed by atoms with Gasteiger partial charge in [-0.25, -0.2) is 4.79 Å². The van der Waals surface area contributed by atoms with Gasteiger partial charge in [-0.3, -0.25) is 0 Å². The van der Waals surface area contributed by atoms with Crippen LogP contribution in [0, 0.1) is 6.92 Å². The average Bonchev–Trinajstić information content (AvgIpc) is 2.71. The lowest BCUT2D eigenvalue weighted by Gasteiger charge is -2.13. The van der Waals surface area contributed by atoms with Gasteiger partial charge in [0.15, 0.2) is 0 Å². The standard InChI is InChI=1S/C14H14BrNO2/c1-9-7-13(11-3-5-12(15)6-4-11)16(8-9)10(2)14(17)18/h3-8,10H,1-2H3,(H,17,18). The van der Waals surface area contributed by atoms with Gasteiger partial charge in [-0.1, -0.05) is 28.1 Å². The number of carboxylic acid groups (broad SMARTS) is 1. The molecule has 0 aliphatic heterocycles. The highest BCUT2D eigenvalue weighted by Gasteiger charge is 2.17. The number of aliphatic carboxylic acids is 1. The van der Waals surface area contributed by atoms with E-state index in [1.807, 2.05) is 43.5 Å². The van der Waals surface area contributed by atoms with Gasteiger partial charge in [0.25, 0.3) is 0 Å². The first-order chi connectivity index (χ1) is 8.49. The maximum Gasteiger partial charge on any atom is 0.326 e. The van der Waals surface area contributed by atoms with Crippen molar-refractivity contribution in [2.24, 2.45) is 0 Å². The molecule has 18 heavy (non-hydrogen) atoms. The number of hydrogen-bond donors (Lipinski definition) is 1. The van der Waals surface area contributed by atoms with Gasteiger partial charge < -0.3 is 9.67 Å². The van der Waals surface area contributed by atoms with Crippen molar-refractivity contribution in [1.82, 2.24) is 4.57 Å². The van der Waals surface area contributed by atoms with Crippen LogP contribution in [0.2, 0.25) is 0 Å². The van der Waals surface area contributed by atoms with Crippen molar-refractivity contribution in [3.63, 3.8) is 0 Å². The first-order valence-corrected chi connectivity index (χ1v) is 6.45. The largest absolute Gasteiger partial charge is 0.480 e. The smallest absolute Gasteiger partial charge is 0.326 e. The lowest BCUT2D eigenvalue weighted by atomic mass is 10.1. The predicted octanol–water partition coefficient (Wildman–Crippen LogP) is 3.87. The van der Waals surface area contributed by atoms with Gasteiger partial charge in [-0.2, -0.15) is 0 Å². The van der Waals surface area contributed by atoms with E-state index < -0.39 is 12.0 Å². The topological polar surface area (TPSA) is 42.2 Å². The average molecular weight is 308 g/mol. The molecule has 1 N–H and O–H groups in total. The van der Waals surface area contributed by atoms with Crippen molar-refractivity contribution in [1.29, 1.82) is 0 Å². The molecule has 1 aromatic heterocycles. The fraction of sp³-hybridized carbons (Fsp3) is 0.214. The maximum atomic E-state index is 11.1. The Morgan fingerprint density at radius 2 is 1.94 bits per heavy atom. The Kier molecular flexibility index (Phi) is 3.57. The lowest BCUT2D eigenvalue weighted by Crippen LogP contribution is -2.15. The van der Waals surface area contributed by atoms with E-state index in [1.165, 1.54) is 0 Å². The number of carbonyl (C=O) groups is 1. The SMILES string of the molecule is Cc1cc(-c2ccc(Br)cc2)n(C(C)C(=O)O)c1. The molecule has 1 atom stereocenters. The van der Waals surface area contributed by atoms with Gasteiger partial charge in [-0.05, 0) is 43.2 Å². The summed E-state index contributed by atoms with van der Waals surface area (Å²) in [5.74, 6) is -0.830. The molecule has 0 aliphatic rings. The van der Waals surface area contributed by atoms with Gasteiger partial charge in [-0.15, -0.1) is 0 Å². The molecule has 1 unspecified atom stereocenters. The number of benzene rings is 1. The molecule has 0 saturated carbocycles. The highest BCUT2D eigenvalue weighted by Crippen LogP contribution is 2.27. The second-order valence-electron chi connectivity index (χ2n) is 4.33. The highest BCUT2D eigenvalue weighted by atomic mass is 79.9. The highest BCUT2D eigenvalue weighted by molar-refractivity contribution is 9.10. The van der Waals surface area contributed by atoms with Crippen LogP contribution in [0.5, 0.6) is 0 Å². The first-order valence-electron chi connectivity index (χ1n) is 5.66. The molecule has 4 heteroatoms. The van der Waals surface area contributed by atoms with Crippen molar-refractivity contribution < 1.29 is 9.90 Å². The summed E-state index contributed by atoms with van der Waals surface area (Å²) in [6.45, 7) is 3.65. The molecule has 3 nitrogen and oxygen atoms in total. The summed E-state index contributed by atoms with van der Waals surface area (Å²) in [6.07, 6.45) is 1.87. The molecule has 0 bridgehead atoms. The van der Waals surface area contributed by atoms with Crippen LogP contribution in [-0.4, -0.2) is 15.6 Å². The molecule has 0 aliphatic carbocycles. The fourth-order valence-electron chi connectivity index (χ4n) is 1.91. The van der Waals surface area contributed by atoms with Gasteiger partial charge in [0, 0.05) is 16.4 Å². The Hall–Kier alpha value is -1.55. The monoisotopic (exact) mass is 307 g/mol. The molecule has 0 radical (unpaired) electrons. The zero-order chi connectivity index (χ0) is 13.3. The van der Waals surface area contributed by atoms with Crippen LogP contribution in [0.4, 0.5) is 0 Å². The normalized spacial score (nSPS) is 12.4. The molecule has 0 spiro atoms. The second-order valence-corrected chi connectivity index (χ2v) is 5.25. The summed E-state index contributed by atoms with van der Waals surface area (Å²) in [7, 11) is 0. The van der Waals surface area contributed by atoms with Crippen molar-refractivity contribution in [2.45, 2.75) is 19.9 Å². The Labute approximate surface area is 114 Å². The second kappa shape index (κ2) is 4.98. The van der Waals surface area contributed by atoms with Crippen molar-refractivity contribution in [2.75, 3.05) is 0 Å². The van der Waals surface area contributed by atoms with E-state index in [-0.39, 0.29) is 0 Å². The summed E-state index contributed by atoms with van der Waals surface area (Å²) in [4.78, 5) is 11.1. The Balaban J connectivity index is 2.50. The van der Waals surface area contributed by atoms with Gasteiger partial charge in [0.1, 0.15) is 6.04 Å². The summed E-state index contributed by atoms with van der Waals surface area (Å²) in [6, 6.07) is 9.29. The molecule has 0 amide bonds. The van der Waals surface area contributed by atoms with Crippen LogP contribution in [0.25, 0.3) is 11.3 Å². The zero-order valence-corrected chi connectivity index (χ0v) is 11.8. The third-order valence-corrected chi connectivity index (χ3v) is 3.43. The minimum Gasteiger partial charge on any atom is -0.480 e. The Morgan fingerprint density at radius 3 is 2.50 bits per heavy atom. The molecule has 0 saturated heterocycles. The molecule has 2 aromatic rings. The van der Waals surface area contributed by atoms with E-state index in [9.17, 15) is 4.79 Å². The van der Waals surface area contributed by atoms with Crippen molar-refractivity contribution in [3.8, 4) is 11.3 Å². The van der Waals surface area contributed by atoms with E-state index in [1.54, 1.807) is 11.5 Å². The number of hydrogen-bond acceptors (Lipinski definition) is 1. The van der Waals surface area contributed by atoms with E-state index in [4.69, 9.17) is 5.11 Å². The van der Waals surface area contributed by atoms with Crippen LogP contribution >= 0.6 is 15.9 Å². The first kappa shape index (κ1) is 12.9. The molecular weight excluding hydrogens is 294 g/mol. The van der Waals surface area contributed by atoms with Crippen LogP contribution in [-0.2, 0) is 4.79 Å². The number of aromatic nitrogens is 1. The lowest BCUT2D eigenvalue weighted by molar-refractivity contribution is -0.140. The Bertz CT molecular complexity index is 572. The van der Waals surface area contributed by atoms with E-state index in [0.717, 1.165) is 21.3 Å². The van der Waals surface area contributed by atoms with Crippen LogP contribution in [0.1, 0.15) is 18.5 Å². The molecule has 1 aromatic carbocycles. The summed E-state index contributed by atoms with van der Waals surface area (Å²) in [5.41, 5.74) is 3.00. The summed E-state index contributed by atoms with van der Waals surface area (Å²) < 4.78 is 2.80. The van der Waals surface area contributed by atoms with Crippen molar-refractivity contribution >= 4 is 21.9 Å². The molecule has 1 heterocycles. The van der Waals surface area contributed by atoms with E-state index in [0.29, 0.717) is 0 Å². The molecule has 2 rings (SSSR count). The predicted molar refractivity (Wildman–Crippen MR) is 74.7 cm³/mol. The third-order valence-electron chi connectivity index (χ3n) is 2.90.